The van der Waals surface area contributed by atoms with E-state index in [1.54, 1.807) is 0 Å². The molecule has 0 amide bonds. The molecule has 0 aromatic heterocycles. The minimum atomic E-state index is -3.55. The number of para-hydroxylation sites is 1. The predicted octanol–water partition coefficient (Wildman–Crippen LogP) is 2.65. The van der Waals surface area contributed by atoms with Gasteiger partial charge in [-0.05, 0) is 42.8 Å². The summed E-state index contributed by atoms with van der Waals surface area (Å²) in [6.45, 7) is 4.19. The maximum atomic E-state index is 13.0. The molecule has 1 saturated heterocycles. The number of halogens is 1. The van der Waals surface area contributed by atoms with Crippen molar-refractivity contribution in [1.82, 2.24) is 4.31 Å². The van der Waals surface area contributed by atoms with Gasteiger partial charge in [0, 0.05) is 31.9 Å². The lowest BCUT2D eigenvalue weighted by atomic mass is 10.1. The van der Waals surface area contributed by atoms with Gasteiger partial charge in [0.2, 0.25) is 10.0 Å². The summed E-state index contributed by atoms with van der Waals surface area (Å²) in [6, 6.07) is 13.1. The van der Waals surface area contributed by atoms with Crippen LogP contribution in [0.3, 0.4) is 0 Å². The van der Waals surface area contributed by atoms with E-state index < -0.39 is 15.8 Å². The highest BCUT2D eigenvalue weighted by Gasteiger charge is 2.28. The summed E-state index contributed by atoms with van der Waals surface area (Å²) < 4.78 is 39.6. The van der Waals surface area contributed by atoms with Crippen LogP contribution in [0.1, 0.15) is 5.56 Å². The number of aryl methyl sites for hydroxylation is 1. The van der Waals surface area contributed by atoms with Crippen LogP contribution >= 0.6 is 0 Å². The quantitative estimate of drug-likeness (QED) is 0.866. The predicted molar refractivity (Wildman–Crippen MR) is 88.6 cm³/mol. The Hall–Kier alpha value is -1.92. The maximum absolute atomic E-state index is 13.0. The number of sulfonamides is 1. The monoisotopic (exact) mass is 334 g/mol. The Balaban J connectivity index is 1.74. The van der Waals surface area contributed by atoms with Crippen molar-refractivity contribution in [1.29, 1.82) is 0 Å². The Labute approximate surface area is 136 Å². The van der Waals surface area contributed by atoms with Crippen LogP contribution in [-0.4, -0.2) is 38.9 Å². The topological polar surface area (TPSA) is 40.6 Å². The standard InChI is InChI=1S/C17H19FN2O2S/c1-14-4-2-3-5-17(14)19-10-12-20(13-11-19)23(21,22)16-8-6-15(18)7-9-16/h2-9H,10-13H2,1H3. The molecule has 1 heterocycles. The largest absolute Gasteiger partial charge is 0.369 e. The van der Waals surface area contributed by atoms with Crippen LogP contribution in [0.25, 0.3) is 0 Å². The molecule has 0 aliphatic carbocycles. The van der Waals surface area contributed by atoms with Gasteiger partial charge < -0.3 is 4.90 Å². The Morgan fingerprint density at radius 3 is 2.13 bits per heavy atom. The fraction of sp³-hybridized carbons (Fsp3) is 0.294. The first kappa shape index (κ1) is 16.0. The normalized spacial score (nSPS) is 16.5. The van der Waals surface area contributed by atoms with E-state index in [9.17, 15) is 12.8 Å². The van der Waals surface area contributed by atoms with E-state index in [4.69, 9.17) is 0 Å². The molecule has 6 heteroatoms. The summed E-state index contributed by atoms with van der Waals surface area (Å²) in [5.41, 5.74) is 2.33. The first-order valence-corrected chi connectivity index (χ1v) is 8.99. The van der Waals surface area contributed by atoms with E-state index in [0.29, 0.717) is 26.2 Å². The van der Waals surface area contributed by atoms with E-state index in [0.717, 1.165) is 5.69 Å². The zero-order valence-electron chi connectivity index (χ0n) is 12.9. The summed E-state index contributed by atoms with van der Waals surface area (Å²) in [6.07, 6.45) is 0. The minimum Gasteiger partial charge on any atom is -0.369 e. The molecule has 23 heavy (non-hydrogen) atoms. The van der Waals surface area contributed by atoms with Gasteiger partial charge >= 0.3 is 0 Å². The van der Waals surface area contributed by atoms with Crippen LogP contribution in [0, 0.1) is 12.7 Å². The van der Waals surface area contributed by atoms with Crippen LogP contribution in [0.5, 0.6) is 0 Å². The number of benzene rings is 2. The molecule has 0 spiro atoms. The Morgan fingerprint density at radius 2 is 1.52 bits per heavy atom. The van der Waals surface area contributed by atoms with Gasteiger partial charge in [0.15, 0.2) is 0 Å². The number of hydrogen-bond acceptors (Lipinski definition) is 3. The molecule has 0 unspecified atom stereocenters. The second kappa shape index (κ2) is 6.29. The van der Waals surface area contributed by atoms with Crippen LogP contribution in [0.4, 0.5) is 10.1 Å². The number of hydrogen-bond donors (Lipinski definition) is 0. The number of piperazine rings is 1. The first-order valence-electron chi connectivity index (χ1n) is 7.55. The van der Waals surface area contributed by atoms with Gasteiger partial charge in [-0.1, -0.05) is 18.2 Å². The van der Waals surface area contributed by atoms with Crippen molar-refractivity contribution in [3.05, 3.63) is 59.9 Å². The van der Waals surface area contributed by atoms with Crippen molar-refractivity contribution in [2.24, 2.45) is 0 Å². The average molecular weight is 334 g/mol. The highest BCUT2D eigenvalue weighted by atomic mass is 32.2. The lowest BCUT2D eigenvalue weighted by molar-refractivity contribution is 0.384. The van der Waals surface area contributed by atoms with E-state index in [2.05, 4.69) is 24.0 Å². The summed E-state index contributed by atoms with van der Waals surface area (Å²) >= 11 is 0. The molecule has 4 nitrogen and oxygen atoms in total. The minimum absolute atomic E-state index is 0.142. The summed E-state index contributed by atoms with van der Waals surface area (Å²) in [5, 5.41) is 0. The van der Waals surface area contributed by atoms with Crippen molar-refractivity contribution in [3.63, 3.8) is 0 Å². The lowest BCUT2D eigenvalue weighted by Gasteiger charge is -2.36. The number of anilines is 1. The molecule has 1 fully saturated rings. The van der Waals surface area contributed by atoms with E-state index in [1.807, 2.05) is 12.1 Å². The molecule has 2 aromatic carbocycles. The molecule has 0 atom stereocenters. The van der Waals surface area contributed by atoms with Crippen molar-refractivity contribution in [2.45, 2.75) is 11.8 Å². The molecule has 0 bridgehead atoms. The van der Waals surface area contributed by atoms with E-state index >= 15 is 0 Å². The summed E-state index contributed by atoms with van der Waals surface area (Å²) in [4.78, 5) is 2.34. The molecular formula is C17H19FN2O2S. The molecule has 0 N–H and O–H groups in total. The SMILES string of the molecule is Cc1ccccc1N1CCN(S(=O)(=O)c2ccc(F)cc2)CC1. The maximum Gasteiger partial charge on any atom is 0.243 e. The van der Waals surface area contributed by atoms with Gasteiger partial charge in [-0.2, -0.15) is 4.31 Å². The fourth-order valence-corrected chi connectivity index (χ4v) is 4.27. The van der Waals surface area contributed by atoms with E-state index in [-0.39, 0.29) is 4.90 Å². The number of nitrogens with zero attached hydrogens (tertiary/aromatic N) is 2. The third kappa shape index (κ3) is 3.23. The molecule has 0 radical (unpaired) electrons. The molecule has 122 valence electrons. The first-order chi connectivity index (χ1) is 11.0. The zero-order chi connectivity index (χ0) is 16.4. The third-order valence-corrected chi connectivity index (χ3v) is 6.06. The molecular weight excluding hydrogens is 315 g/mol. The van der Waals surface area contributed by atoms with Crippen LogP contribution in [0.15, 0.2) is 53.4 Å². The smallest absolute Gasteiger partial charge is 0.243 e. The average Bonchev–Trinajstić information content (AvgIpc) is 2.56. The number of rotatable bonds is 3. The van der Waals surface area contributed by atoms with Gasteiger partial charge in [0.1, 0.15) is 5.82 Å². The van der Waals surface area contributed by atoms with Gasteiger partial charge in [-0.25, -0.2) is 12.8 Å². The lowest BCUT2D eigenvalue weighted by Crippen LogP contribution is -2.48. The molecule has 1 aliphatic heterocycles. The van der Waals surface area contributed by atoms with Crippen molar-refractivity contribution < 1.29 is 12.8 Å². The van der Waals surface area contributed by atoms with Gasteiger partial charge in [0.05, 0.1) is 4.90 Å². The van der Waals surface area contributed by atoms with Gasteiger partial charge in [-0.15, -0.1) is 0 Å². The Kier molecular flexibility index (Phi) is 4.37. The van der Waals surface area contributed by atoms with Gasteiger partial charge in [-0.3, -0.25) is 0 Å². The Morgan fingerprint density at radius 1 is 0.913 bits per heavy atom. The van der Waals surface area contributed by atoms with Crippen LogP contribution < -0.4 is 4.90 Å². The van der Waals surface area contributed by atoms with Crippen LogP contribution in [0.2, 0.25) is 0 Å². The highest BCUT2D eigenvalue weighted by molar-refractivity contribution is 7.89. The third-order valence-electron chi connectivity index (χ3n) is 4.15. The van der Waals surface area contributed by atoms with Crippen molar-refractivity contribution in [3.8, 4) is 0 Å². The highest BCUT2D eigenvalue weighted by Crippen LogP contribution is 2.23. The van der Waals surface area contributed by atoms with E-state index in [1.165, 1.54) is 34.1 Å². The molecule has 3 rings (SSSR count). The fourth-order valence-electron chi connectivity index (χ4n) is 2.84. The second-order valence-corrected chi connectivity index (χ2v) is 7.57. The summed E-state index contributed by atoms with van der Waals surface area (Å²) in [7, 11) is -3.55. The second-order valence-electron chi connectivity index (χ2n) is 5.63. The molecule has 0 saturated carbocycles. The Bertz CT molecular complexity index is 782. The molecule has 2 aromatic rings. The van der Waals surface area contributed by atoms with Crippen LogP contribution in [-0.2, 0) is 10.0 Å². The summed E-state index contributed by atoms with van der Waals surface area (Å²) in [5.74, 6) is -0.437. The van der Waals surface area contributed by atoms with Crippen molar-refractivity contribution >= 4 is 15.7 Å². The molecule has 1 aliphatic rings. The van der Waals surface area contributed by atoms with Crippen molar-refractivity contribution in [2.75, 3.05) is 31.1 Å². The van der Waals surface area contributed by atoms with Gasteiger partial charge in [0.25, 0.3) is 0 Å². The zero-order valence-corrected chi connectivity index (χ0v) is 13.8.